The number of piperazine rings is 1. The average molecular weight is 144 g/mol. The number of rotatable bonds is 0. The fraction of sp³-hybridized carbons (Fsp3) is 0.667. The number of hydrogen-bond donors (Lipinski definition) is 2. The van der Waals surface area contributed by atoms with E-state index in [0.717, 1.165) is 0 Å². The van der Waals surface area contributed by atoms with E-state index in [9.17, 15) is 9.59 Å². The van der Waals surface area contributed by atoms with Gasteiger partial charge in [0.1, 0.15) is 0 Å². The maximum Gasteiger partial charge on any atom is 0.240 e. The zero-order valence-corrected chi connectivity index (χ0v) is 6.23. The van der Waals surface area contributed by atoms with E-state index >= 15 is 0 Å². The summed E-state index contributed by atoms with van der Waals surface area (Å²) in [6.45, 7) is 4.51. The zero-order chi connectivity index (χ0) is 7.98. The normalized spacial score (nSPS) is 17.0. The van der Waals surface area contributed by atoms with E-state index in [4.69, 9.17) is 0 Å². The van der Waals surface area contributed by atoms with Gasteiger partial charge in [0.15, 0.2) is 0 Å². The fourth-order valence-corrected chi connectivity index (χ4v) is 0.533. The summed E-state index contributed by atoms with van der Waals surface area (Å²) in [7, 11) is 0. The van der Waals surface area contributed by atoms with Crippen LogP contribution >= 0.6 is 0 Å². The molecule has 1 rings (SSSR count). The van der Waals surface area contributed by atoms with Crippen molar-refractivity contribution < 1.29 is 9.59 Å². The van der Waals surface area contributed by atoms with Crippen LogP contribution in [0.4, 0.5) is 0 Å². The Labute approximate surface area is 60.0 Å². The highest BCUT2D eigenvalue weighted by Crippen LogP contribution is 1.72. The molecule has 1 fully saturated rings. The lowest BCUT2D eigenvalue weighted by molar-refractivity contribution is -0.131. The van der Waals surface area contributed by atoms with Crippen molar-refractivity contribution in [3.63, 3.8) is 0 Å². The van der Waals surface area contributed by atoms with E-state index in [2.05, 4.69) is 10.6 Å². The molecular weight excluding hydrogens is 132 g/mol. The van der Waals surface area contributed by atoms with Gasteiger partial charge in [0.25, 0.3) is 0 Å². The summed E-state index contributed by atoms with van der Waals surface area (Å²) in [6, 6.07) is 0. The smallest absolute Gasteiger partial charge is 0.240 e. The SMILES string of the molecule is CC.O=C1CNCC(=O)N1. The molecule has 2 N–H and O–H groups in total. The predicted octanol–water partition coefficient (Wildman–Crippen LogP) is -0.741. The third-order valence-corrected chi connectivity index (χ3v) is 0.850. The molecule has 0 spiro atoms. The van der Waals surface area contributed by atoms with E-state index in [-0.39, 0.29) is 24.9 Å². The van der Waals surface area contributed by atoms with E-state index in [1.165, 1.54) is 0 Å². The Morgan fingerprint density at radius 3 is 1.70 bits per heavy atom. The van der Waals surface area contributed by atoms with E-state index < -0.39 is 0 Å². The van der Waals surface area contributed by atoms with Crippen molar-refractivity contribution in [2.45, 2.75) is 13.8 Å². The summed E-state index contributed by atoms with van der Waals surface area (Å²) in [5.41, 5.74) is 0. The summed E-state index contributed by atoms with van der Waals surface area (Å²) in [4.78, 5) is 20.6. The molecule has 1 saturated heterocycles. The lowest BCUT2D eigenvalue weighted by atomic mass is 10.4. The highest BCUT2D eigenvalue weighted by Gasteiger charge is 2.11. The minimum atomic E-state index is -0.249. The van der Waals surface area contributed by atoms with Crippen molar-refractivity contribution in [1.82, 2.24) is 10.6 Å². The molecule has 0 atom stereocenters. The molecule has 0 aromatic heterocycles. The molecule has 0 radical (unpaired) electrons. The van der Waals surface area contributed by atoms with Crippen LogP contribution in [0.2, 0.25) is 0 Å². The standard InChI is InChI=1S/C4H6N2O2.C2H6/c7-3-1-5-2-4(8)6-3;1-2/h5H,1-2H2,(H,6,7,8);1-2H3. The Balaban J connectivity index is 0.000000371. The molecule has 0 aliphatic carbocycles. The molecule has 0 aromatic rings. The van der Waals surface area contributed by atoms with Gasteiger partial charge in [0.05, 0.1) is 13.1 Å². The summed E-state index contributed by atoms with van der Waals surface area (Å²) in [5.74, 6) is -0.498. The monoisotopic (exact) mass is 144 g/mol. The van der Waals surface area contributed by atoms with Gasteiger partial charge < -0.3 is 0 Å². The molecule has 4 heteroatoms. The van der Waals surface area contributed by atoms with Crippen molar-refractivity contribution in [3.05, 3.63) is 0 Å². The first-order valence-electron chi connectivity index (χ1n) is 3.32. The number of carbonyl (C=O) groups is 2. The lowest BCUT2D eigenvalue weighted by Gasteiger charge is -2.09. The maximum absolute atomic E-state index is 10.3. The average Bonchev–Trinajstić information content (AvgIpc) is 1.91. The van der Waals surface area contributed by atoms with Crippen molar-refractivity contribution in [2.24, 2.45) is 0 Å². The molecule has 4 nitrogen and oxygen atoms in total. The van der Waals surface area contributed by atoms with Gasteiger partial charge in [-0.25, -0.2) is 0 Å². The molecule has 1 aliphatic heterocycles. The Morgan fingerprint density at radius 2 is 1.50 bits per heavy atom. The second-order valence-electron chi connectivity index (χ2n) is 1.57. The van der Waals surface area contributed by atoms with Crippen LogP contribution in [0.25, 0.3) is 0 Å². The topological polar surface area (TPSA) is 58.2 Å². The molecular formula is C6H12N2O2. The Hall–Kier alpha value is -0.900. The molecule has 0 bridgehead atoms. The highest BCUT2D eigenvalue weighted by atomic mass is 16.2. The third kappa shape index (κ3) is 3.19. The minimum absolute atomic E-state index is 0.249. The highest BCUT2D eigenvalue weighted by molar-refractivity contribution is 5.99. The zero-order valence-electron chi connectivity index (χ0n) is 6.23. The number of hydrogen-bond acceptors (Lipinski definition) is 3. The molecule has 0 saturated carbocycles. The van der Waals surface area contributed by atoms with Gasteiger partial charge in [-0.3, -0.25) is 20.2 Å². The quantitative estimate of drug-likeness (QED) is 0.440. The summed E-state index contributed by atoms with van der Waals surface area (Å²) < 4.78 is 0. The third-order valence-electron chi connectivity index (χ3n) is 0.850. The number of amides is 2. The Morgan fingerprint density at radius 1 is 1.10 bits per heavy atom. The molecule has 0 aromatic carbocycles. The van der Waals surface area contributed by atoms with Crippen LogP contribution in [-0.4, -0.2) is 24.9 Å². The van der Waals surface area contributed by atoms with Crippen LogP contribution in [0.15, 0.2) is 0 Å². The van der Waals surface area contributed by atoms with Crippen molar-refractivity contribution in [1.29, 1.82) is 0 Å². The Bertz CT molecular complexity index is 120. The summed E-state index contributed by atoms with van der Waals surface area (Å²) in [6.07, 6.45) is 0. The van der Waals surface area contributed by atoms with E-state index in [0.29, 0.717) is 0 Å². The van der Waals surface area contributed by atoms with Gasteiger partial charge >= 0.3 is 0 Å². The summed E-state index contributed by atoms with van der Waals surface area (Å²) in [5, 5.41) is 4.76. The molecule has 2 amide bonds. The molecule has 0 unspecified atom stereocenters. The summed E-state index contributed by atoms with van der Waals surface area (Å²) >= 11 is 0. The van der Waals surface area contributed by atoms with E-state index in [1.807, 2.05) is 13.8 Å². The van der Waals surface area contributed by atoms with Crippen LogP contribution < -0.4 is 10.6 Å². The van der Waals surface area contributed by atoms with Crippen molar-refractivity contribution in [2.75, 3.05) is 13.1 Å². The minimum Gasteiger partial charge on any atom is -0.300 e. The lowest BCUT2D eigenvalue weighted by Crippen LogP contribution is -2.48. The van der Waals surface area contributed by atoms with Gasteiger partial charge in [0, 0.05) is 0 Å². The predicted molar refractivity (Wildman–Crippen MR) is 37.4 cm³/mol. The van der Waals surface area contributed by atoms with E-state index in [1.54, 1.807) is 0 Å². The molecule has 58 valence electrons. The first-order valence-corrected chi connectivity index (χ1v) is 3.32. The first kappa shape index (κ1) is 9.10. The van der Waals surface area contributed by atoms with Gasteiger partial charge in [0.2, 0.25) is 11.8 Å². The Kier molecular flexibility index (Phi) is 4.49. The maximum atomic E-state index is 10.3. The van der Waals surface area contributed by atoms with Crippen LogP contribution in [0, 0.1) is 0 Å². The second-order valence-corrected chi connectivity index (χ2v) is 1.57. The number of nitrogens with one attached hydrogen (secondary N) is 2. The number of imide groups is 1. The van der Waals surface area contributed by atoms with Gasteiger partial charge in [-0.1, -0.05) is 13.8 Å². The van der Waals surface area contributed by atoms with Crippen LogP contribution in [0.5, 0.6) is 0 Å². The van der Waals surface area contributed by atoms with Crippen molar-refractivity contribution in [3.8, 4) is 0 Å². The van der Waals surface area contributed by atoms with Gasteiger partial charge in [-0.2, -0.15) is 0 Å². The van der Waals surface area contributed by atoms with Gasteiger partial charge in [-0.05, 0) is 0 Å². The molecule has 1 aliphatic rings. The van der Waals surface area contributed by atoms with Crippen LogP contribution in [0.3, 0.4) is 0 Å². The largest absolute Gasteiger partial charge is 0.300 e. The number of carbonyl (C=O) groups excluding carboxylic acids is 2. The fourth-order valence-electron chi connectivity index (χ4n) is 0.533. The van der Waals surface area contributed by atoms with Gasteiger partial charge in [-0.15, -0.1) is 0 Å². The molecule has 10 heavy (non-hydrogen) atoms. The van der Waals surface area contributed by atoms with Crippen molar-refractivity contribution >= 4 is 11.8 Å². The van der Waals surface area contributed by atoms with Crippen LogP contribution in [-0.2, 0) is 9.59 Å². The van der Waals surface area contributed by atoms with Crippen LogP contribution in [0.1, 0.15) is 13.8 Å². The first-order chi connectivity index (χ1) is 4.79. The molecule has 1 heterocycles. The second kappa shape index (κ2) is 4.93.